The van der Waals surface area contributed by atoms with Crippen molar-refractivity contribution in [2.75, 3.05) is 16.8 Å². The third kappa shape index (κ3) is 5.25. The molecule has 3 N–H and O–H groups in total. The second kappa shape index (κ2) is 7.58. The van der Waals surface area contributed by atoms with Crippen LogP contribution in [0.15, 0.2) is 18.2 Å². The zero-order valence-electron chi connectivity index (χ0n) is 12.8. The predicted octanol–water partition coefficient (Wildman–Crippen LogP) is 1.81. The zero-order valence-corrected chi connectivity index (χ0v) is 15.1. The maximum absolute atomic E-state index is 12.1. The fourth-order valence-electron chi connectivity index (χ4n) is 2.22. The van der Waals surface area contributed by atoms with Crippen LogP contribution in [0.5, 0.6) is 0 Å². The Labute approximate surface area is 150 Å². The van der Waals surface area contributed by atoms with Crippen LogP contribution in [0.25, 0.3) is 0 Å². The van der Waals surface area contributed by atoms with Gasteiger partial charge in [0.2, 0.25) is 5.91 Å². The summed E-state index contributed by atoms with van der Waals surface area (Å²) < 4.78 is 22.7. The molecule has 3 amide bonds. The third-order valence-corrected chi connectivity index (χ3v) is 6.00. The average molecular weight is 394 g/mol. The Morgan fingerprint density at radius 1 is 1.25 bits per heavy atom. The van der Waals surface area contributed by atoms with E-state index < -0.39 is 33.9 Å². The fourth-order valence-corrected chi connectivity index (χ4v) is 4.19. The van der Waals surface area contributed by atoms with E-state index in [9.17, 15) is 18.0 Å². The molecule has 2 rings (SSSR count). The van der Waals surface area contributed by atoms with E-state index in [1.165, 1.54) is 13.0 Å². The van der Waals surface area contributed by atoms with E-state index in [1.807, 2.05) is 0 Å². The molecule has 1 saturated heterocycles. The van der Waals surface area contributed by atoms with Gasteiger partial charge in [0.1, 0.15) is 6.04 Å². The molecule has 1 aliphatic rings. The lowest BCUT2D eigenvalue weighted by atomic mass is 10.2. The van der Waals surface area contributed by atoms with Crippen LogP contribution in [0.2, 0.25) is 10.0 Å². The third-order valence-electron chi connectivity index (χ3n) is 3.50. The molecular formula is C14H17Cl2N3O4S. The summed E-state index contributed by atoms with van der Waals surface area (Å²) in [5.41, 5.74) is 0.449. The highest BCUT2D eigenvalue weighted by Crippen LogP contribution is 2.25. The van der Waals surface area contributed by atoms with Crippen LogP contribution < -0.4 is 16.0 Å². The molecule has 1 aliphatic heterocycles. The van der Waals surface area contributed by atoms with Crippen LogP contribution in [0.1, 0.15) is 13.3 Å². The van der Waals surface area contributed by atoms with E-state index in [2.05, 4.69) is 16.0 Å². The number of hydrogen-bond acceptors (Lipinski definition) is 4. The van der Waals surface area contributed by atoms with Gasteiger partial charge in [-0.3, -0.25) is 4.79 Å². The molecule has 1 aromatic rings. The highest BCUT2D eigenvalue weighted by Gasteiger charge is 2.29. The Bertz CT molecular complexity index is 754. The van der Waals surface area contributed by atoms with Gasteiger partial charge < -0.3 is 16.0 Å². The Balaban J connectivity index is 1.84. The van der Waals surface area contributed by atoms with Crippen molar-refractivity contribution in [1.82, 2.24) is 10.6 Å². The first-order valence-electron chi connectivity index (χ1n) is 7.19. The summed E-state index contributed by atoms with van der Waals surface area (Å²) in [6.45, 7) is 1.51. The lowest BCUT2D eigenvalue weighted by Gasteiger charge is -2.17. The Kier molecular flexibility index (Phi) is 5.95. The number of carbonyl (C=O) groups is 2. The van der Waals surface area contributed by atoms with Crippen molar-refractivity contribution >= 4 is 50.7 Å². The molecule has 1 aromatic carbocycles. The predicted molar refractivity (Wildman–Crippen MR) is 93.3 cm³/mol. The standard InChI is InChI=1S/C14H17Cl2N3O4S/c1-8(13(20)18-9-2-3-11(15)12(16)6-9)17-14(21)19-10-4-5-24(22,23)7-10/h2-3,6,8,10H,4-5,7H2,1H3,(H,18,20)(H2,17,19,21)/t8-,10?/m0/s1. The largest absolute Gasteiger partial charge is 0.334 e. The molecule has 0 aliphatic carbocycles. The maximum atomic E-state index is 12.1. The number of nitrogens with one attached hydrogen (secondary N) is 3. The highest BCUT2D eigenvalue weighted by molar-refractivity contribution is 7.91. The molecule has 24 heavy (non-hydrogen) atoms. The van der Waals surface area contributed by atoms with Crippen molar-refractivity contribution in [3.8, 4) is 0 Å². The molecule has 0 radical (unpaired) electrons. The SMILES string of the molecule is C[C@H](NC(=O)NC1CCS(=O)(=O)C1)C(=O)Nc1ccc(Cl)c(Cl)c1. The van der Waals surface area contributed by atoms with Gasteiger partial charge in [0, 0.05) is 11.7 Å². The van der Waals surface area contributed by atoms with E-state index in [0.717, 1.165) is 0 Å². The Morgan fingerprint density at radius 3 is 2.54 bits per heavy atom. The van der Waals surface area contributed by atoms with Crippen molar-refractivity contribution in [3.63, 3.8) is 0 Å². The van der Waals surface area contributed by atoms with Crippen LogP contribution >= 0.6 is 23.2 Å². The van der Waals surface area contributed by atoms with Crippen molar-refractivity contribution in [2.45, 2.75) is 25.4 Å². The minimum Gasteiger partial charge on any atom is -0.334 e. The summed E-state index contributed by atoms with van der Waals surface area (Å²) in [6.07, 6.45) is 0.375. The fraction of sp³-hybridized carbons (Fsp3) is 0.429. The lowest BCUT2D eigenvalue weighted by Crippen LogP contribution is -2.49. The van der Waals surface area contributed by atoms with Gasteiger partial charge in [0.05, 0.1) is 21.6 Å². The van der Waals surface area contributed by atoms with Crippen molar-refractivity contribution in [2.24, 2.45) is 0 Å². The van der Waals surface area contributed by atoms with Crippen molar-refractivity contribution < 1.29 is 18.0 Å². The van der Waals surface area contributed by atoms with E-state index in [1.54, 1.807) is 12.1 Å². The van der Waals surface area contributed by atoms with Gasteiger partial charge in [0.25, 0.3) is 0 Å². The van der Waals surface area contributed by atoms with Crippen LogP contribution in [-0.4, -0.2) is 43.9 Å². The van der Waals surface area contributed by atoms with Crippen LogP contribution in [0.4, 0.5) is 10.5 Å². The number of urea groups is 1. The summed E-state index contributed by atoms with van der Waals surface area (Å²) in [5.74, 6) is -0.460. The molecule has 1 fully saturated rings. The summed E-state index contributed by atoms with van der Waals surface area (Å²) in [5, 5.41) is 8.29. The summed E-state index contributed by atoms with van der Waals surface area (Å²) in [4.78, 5) is 23.9. The summed E-state index contributed by atoms with van der Waals surface area (Å²) in [6, 6.07) is 2.79. The van der Waals surface area contributed by atoms with Crippen LogP contribution in [0, 0.1) is 0 Å². The molecule has 0 spiro atoms. The number of rotatable bonds is 4. The van der Waals surface area contributed by atoms with Gasteiger partial charge in [0.15, 0.2) is 9.84 Å². The molecule has 7 nitrogen and oxygen atoms in total. The highest BCUT2D eigenvalue weighted by atomic mass is 35.5. The Morgan fingerprint density at radius 2 is 1.96 bits per heavy atom. The van der Waals surface area contributed by atoms with Crippen molar-refractivity contribution in [1.29, 1.82) is 0 Å². The summed E-state index contributed by atoms with van der Waals surface area (Å²) in [7, 11) is -3.08. The van der Waals surface area contributed by atoms with Gasteiger partial charge in [-0.05, 0) is 31.5 Å². The van der Waals surface area contributed by atoms with E-state index >= 15 is 0 Å². The topological polar surface area (TPSA) is 104 Å². The van der Waals surface area contributed by atoms with Gasteiger partial charge in [-0.15, -0.1) is 0 Å². The van der Waals surface area contributed by atoms with Gasteiger partial charge >= 0.3 is 6.03 Å². The second-order valence-corrected chi connectivity index (χ2v) is 8.60. The smallest absolute Gasteiger partial charge is 0.315 e. The first-order valence-corrected chi connectivity index (χ1v) is 9.77. The van der Waals surface area contributed by atoms with E-state index in [4.69, 9.17) is 23.2 Å². The number of anilines is 1. The molecule has 0 bridgehead atoms. The maximum Gasteiger partial charge on any atom is 0.315 e. The molecule has 1 heterocycles. The normalized spacial score (nSPS) is 20.2. The number of hydrogen-bond donors (Lipinski definition) is 3. The first kappa shape index (κ1) is 18.8. The number of benzene rings is 1. The molecule has 0 saturated carbocycles. The van der Waals surface area contributed by atoms with Gasteiger partial charge in [-0.25, -0.2) is 13.2 Å². The van der Waals surface area contributed by atoms with E-state index in [0.29, 0.717) is 22.2 Å². The number of amides is 3. The minimum absolute atomic E-state index is 0.0608. The number of carbonyl (C=O) groups excluding carboxylic acids is 2. The van der Waals surface area contributed by atoms with Crippen LogP contribution in [0.3, 0.4) is 0 Å². The zero-order chi connectivity index (χ0) is 17.9. The van der Waals surface area contributed by atoms with Crippen LogP contribution in [-0.2, 0) is 14.6 Å². The first-order chi connectivity index (χ1) is 11.2. The van der Waals surface area contributed by atoms with Gasteiger partial charge in [-0.2, -0.15) is 0 Å². The average Bonchev–Trinajstić information content (AvgIpc) is 2.81. The molecule has 10 heteroatoms. The molecule has 132 valence electrons. The summed E-state index contributed by atoms with van der Waals surface area (Å²) >= 11 is 11.7. The molecule has 1 unspecified atom stereocenters. The number of halogens is 2. The quantitative estimate of drug-likeness (QED) is 0.725. The second-order valence-electron chi connectivity index (χ2n) is 5.56. The lowest BCUT2D eigenvalue weighted by molar-refractivity contribution is -0.117. The molecular weight excluding hydrogens is 377 g/mol. The monoisotopic (exact) mass is 393 g/mol. The van der Waals surface area contributed by atoms with Gasteiger partial charge in [-0.1, -0.05) is 23.2 Å². The minimum atomic E-state index is -3.08. The van der Waals surface area contributed by atoms with E-state index in [-0.39, 0.29) is 11.5 Å². The molecule has 2 atom stereocenters. The molecule has 0 aromatic heterocycles. The van der Waals surface area contributed by atoms with Crippen molar-refractivity contribution in [3.05, 3.63) is 28.2 Å². The number of sulfone groups is 1. The Hall–Kier alpha value is -1.51.